The van der Waals surface area contributed by atoms with E-state index in [1.807, 2.05) is 0 Å². The fourth-order valence-corrected chi connectivity index (χ4v) is 2.58. The van der Waals surface area contributed by atoms with E-state index in [-0.39, 0.29) is 12.5 Å². The third-order valence-electron chi connectivity index (χ3n) is 3.70. The second-order valence-corrected chi connectivity index (χ2v) is 5.23. The minimum Gasteiger partial charge on any atom is -0.481 e. The Morgan fingerprint density at radius 3 is 2.68 bits per heavy atom. The van der Waals surface area contributed by atoms with E-state index in [0.29, 0.717) is 6.04 Å². The molecule has 2 unspecified atom stereocenters. The molecule has 4 heteroatoms. The number of rotatable bonds is 4. The quantitative estimate of drug-likeness (QED) is 0.870. The number of piperazine rings is 1. The van der Waals surface area contributed by atoms with Gasteiger partial charge < -0.3 is 15.3 Å². The fourth-order valence-electron chi connectivity index (χ4n) is 2.58. The number of carbonyl (C=O) groups is 1. The molecule has 4 nitrogen and oxygen atoms in total. The Kier molecular flexibility index (Phi) is 4.43. The van der Waals surface area contributed by atoms with Crippen LogP contribution < -0.4 is 10.2 Å². The molecular formula is C15H22N2O2. The van der Waals surface area contributed by atoms with Gasteiger partial charge in [0.25, 0.3) is 0 Å². The first-order valence-corrected chi connectivity index (χ1v) is 6.91. The van der Waals surface area contributed by atoms with Gasteiger partial charge in [0.15, 0.2) is 0 Å². The molecule has 2 N–H and O–H groups in total. The Hall–Kier alpha value is -1.55. The molecule has 104 valence electrons. The first kappa shape index (κ1) is 13.9. The smallest absolute Gasteiger partial charge is 0.305 e. The van der Waals surface area contributed by atoms with Crippen molar-refractivity contribution in [2.45, 2.75) is 38.8 Å². The average molecular weight is 262 g/mol. The monoisotopic (exact) mass is 262 g/mol. The Morgan fingerprint density at radius 1 is 1.42 bits per heavy atom. The summed E-state index contributed by atoms with van der Waals surface area (Å²) >= 11 is 0. The number of nitrogens with one attached hydrogen (secondary N) is 1. The maximum Gasteiger partial charge on any atom is 0.305 e. The standard InChI is InChI=1S/C15H22N2O2/c1-3-12-4-6-13(7-5-12)17-10-11(2)16-9-14(17)8-15(18)19/h4-7,11,14,16H,3,8-10H2,1-2H3,(H,18,19). The van der Waals surface area contributed by atoms with Gasteiger partial charge in [0, 0.05) is 24.8 Å². The molecule has 1 aliphatic heterocycles. The second kappa shape index (κ2) is 6.06. The number of benzene rings is 1. The van der Waals surface area contributed by atoms with Crippen LogP contribution in [-0.4, -0.2) is 36.2 Å². The zero-order valence-corrected chi connectivity index (χ0v) is 11.6. The van der Waals surface area contributed by atoms with Gasteiger partial charge in [-0.3, -0.25) is 4.79 Å². The molecule has 0 radical (unpaired) electrons. The van der Waals surface area contributed by atoms with Crippen LogP contribution in [0.4, 0.5) is 5.69 Å². The van der Waals surface area contributed by atoms with Crippen LogP contribution in [-0.2, 0) is 11.2 Å². The third kappa shape index (κ3) is 3.47. The summed E-state index contributed by atoms with van der Waals surface area (Å²) in [6.07, 6.45) is 1.20. The van der Waals surface area contributed by atoms with Crippen LogP contribution in [0.3, 0.4) is 0 Å². The fraction of sp³-hybridized carbons (Fsp3) is 0.533. The second-order valence-electron chi connectivity index (χ2n) is 5.23. The lowest BCUT2D eigenvalue weighted by Gasteiger charge is -2.40. The van der Waals surface area contributed by atoms with Gasteiger partial charge in [-0.15, -0.1) is 0 Å². The van der Waals surface area contributed by atoms with Crippen molar-refractivity contribution in [2.24, 2.45) is 0 Å². The van der Waals surface area contributed by atoms with E-state index in [9.17, 15) is 4.79 Å². The molecule has 2 rings (SSSR count). The molecule has 1 saturated heterocycles. The number of hydrogen-bond donors (Lipinski definition) is 2. The molecular weight excluding hydrogens is 240 g/mol. The van der Waals surface area contributed by atoms with Crippen LogP contribution in [0.1, 0.15) is 25.8 Å². The van der Waals surface area contributed by atoms with Crippen LogP contribution in [0, 0.1) is 0 Å². The highest BCUT2D eigenvalue weighted by Crippen LogP contribution is 2.22. The largest absolute Gasteiger partial charge is 0.481 e. The highest BCUT2D eigenvalue weighted by atomic mass is 16.4. The summed E-state index contributed by atoms with van der Waals surface area (Å²) in [6.45, 7) is 5.84. The van der Waals surface area contributed by atoms with Crippen LogP contribution >= 0.6 is 0 Å². The van der Waals surface area contributed by atoms with Crippen molar-refractivity contribution in [2.75, 3.05) is 18.0 Å². The molecule has 1 aliphatic rings. The van der Waals surface area contributed by atoms with Crippen molar-refractivity contribution >= 4 is 11.7 Å². The van der Waals surface area contributed by atoms with Crippen LogP contribution in [0.5, 0.6) is 0 Å². The Bertz CT molecular complexity index is 430. The summed E-state index contributed by atoms with van der Waals surface area (Å²) in [6, 6.07) is 8.87. The molecule has 0 spiro atoms. The van der Waals surface area contributed by atoms with Gasteiger partial charge >= 0.3 is 5.97 Å². The molecule has 19 heavy (non-hydrogen) atoms. The first-order chi connectivity index (χ1) is 9.10. The average Bonchev–Trinajstić information content (AvgIpc) is 2.40. The molecule has 0 aliphatic carbocycles. The number of aliphatic carboxylic acids is 1. The SMILES string of the molecule is CCc1ccc(N2CC(C)NCC2CC(=O)O)cc1. The topological polar surface area (TPSA) is 52.6 Å². The van der Waals surface area contributed by atoms with Crippen LogP contribution in [0.15, 0.2) is 24.3 Å². The van der Waals surface area contributed by atoms with Crippen molar-refractivity contribution in [3.8, 4) is 0 Å². The molecule has 0 saturated carbocycles. The summed E-state index contributed by atoms with van der Waals surface area (Å²) in [4.78, 5) is 13.2. The van der Waals surface area contributed by atoms with Crippen LogP contribution in [0.2, 0.25) is 0 Å². The predicted molar refractivity (Wildman–Crippen MR) is 76.7 cm³/mol. The lowest BCUT2D eigenvalue weighted by atomic mass is 10.0. The Labute approximate surface area is 114 Å². The Balaban J connectivity index is 2.17. The van der Waals surface area contributed by atoms with Crippen LogP contribution in [0.25, 0.3) is 0 Å². The summed E-state index contributed by atoms with van der Waals surface area (Å²) < 4.78 is 0. The van der Waals surface area contributed by atoms with Crippen molar-refractivity contribution in [1.82, 2.24) is 5.32 Å². The van der Waals surface area contributed by atoms with E-state index in [1.54, 1.807) is 0 Å². The number of hydrogen-bond acceptors (Lipinski definition) is 3. The first-order valence-electron chi connectivity index (χ1n) is 6.91. The molecule has 2 atom stereocenters. The summed E-state index contributed by atoms with van der Waals surface area (Å²) in [5.74, 6) is -0.739. The van der Waals surface area contributed by atoms with E-state index in [2.05, 4.69) is 48.3 Å². The van der Waals surface area contributed by atoms with E-state index in [1.165, 1.54) is 5.56 Å². The van der Waals surface area contributed by atoms with Gasteiger partial charge in [-0.2, -0.15) is 0 Å². The lowest BCUT2D eigenvalue weighted by Crippen LogP contribution is -2.56. The van der Waals surface area contributed by atoms with Gasteiger partial charge in [0.1, 0.15) is 0 Å². The third-order valence-corrected chi connectivity index (χ3v) is 3.70. The van der Waals surface area contributed by atoms with Crippen molar-refractivity contribution in [3.05, 3.63) is 29.8 Å². The van der Waals surface area contributed by atoms with E-state index in [0.717, 1.165) is 25.2 Å². The molecule has 1 aromatic carbocycles. The molecule has 0 amide bonds. The maximum atomic E-state index is 11.0. The number of carboxylic acids is 1. The number of aryl methyl sites for hydroxylation is 1. The van der Waals surface area contributed by atoms with Gasteiger partial charge in [0.2, 0.25) is 0 Å². The van der Waals surface area contributed by atoms with Crippen molar-refractivity contribution < 1.29 is 9.90 Å². The van der Waals surface area contributed by atoms with Gasteiger partial charge in [0.05, 0.1) is 12.5 Å². The zero-order valence-electron chi connectivity index (χ0n) is 11.6. The summed E-state index contributed by atoms with van der Waals surface area (Å²) in [5, 5.41) is 12.4. The minimum atomic E-state index is -0.739. The number of anilines is 1. The molecule has 1 aromatic rings. The highest BCUT2D eigenvalue weighted by molar-refractivity contribution is 5.69. The predicted octanol–water partition coefficient (Wildman–Crippen LogP) is 1.89. The van der Waals surface area contributed by atoms with Crippen molar-refractivity contribution in [3.63, 3.8) is 0 Å². The van der Waals surface area contributed by atoms with Gasteiger partial charge in [-0.25, -0.2) is 0 Å². The lowest BCUT2D eigenvalue weighted by molar-refractivity contribution is -0.137. The molecule has 1 heterocycles. The molecule has 0 aromatic heterocycles. The zero-order chi connectivity index (χ0) is 13.8. The minimum absolute atomic E-state index is 0.0289. The Morgan fingerprint density at radius 2 is 2.11 bits per heavy atom. The van der Waals surface area contributed by atoms with Gasteiger partial charge in [-0.05, 0) is 31.0 Å². The highest BCUT2D eigenvalue weighted by Gasteiger charge is 2.27. The summed E-state index contributed by atoms with van der Waals surface area (Å²) in [5.41, 5.74) is 2.43. The summed E-state index contributed by atoms with van der Waals surface area (Å²) in [7, 11) is 0. The molecule has 1 fully saturated rings. The van der Waals surface area contributed by atoms with E-state index >= 15 is 0 Å². The normalized spacial score (nSPS) is 23.4. The molecule has 0 bridgehead atoms. The van der Waals surface area contributed by atoms with Gasteiger partial charge in [-0.1, -0.05) is 19.1 Å². The number of nitrogens with zero attached hydrogens (tertiary/aromatic N) is 1. The van der Waals surface area contributed by atoms with E-state index < -0.39 is 5.97 Å². The van der Waals surface area contributed by atoms with Crippen molar-refractivity contribution in [1.29, 1.82) is 0 Å². The maximum absolute atomic E-state index is 11.0. The van der Waals surface area contributed by atoms with E-state index in [4.69, 9.17) is 5.11 Å². The number of carboxylic acid groups (broad SMARTS) is 1.